The van der Waals surface area contributed by atoms with E-state index in [1.807, 2.05) is 37.4 Å². The first-order valence-corrected chi connectivity index (χ1v) is 9.89. The molecule has 154 valence electrons. The normalized spacial score (nSPS) is 11.9. The van der Waals surface area contributed by atoms with Crippen LogP contribution in [-0.4, -0.2) is 27.6 Å². The lowest BCUT2D eigenvalue weighted by atomic mass is 9.95. The van der Waals surface area contributed by atoms with Crippen molar-refractivity contribution in [2.24, 2.45) is 7.05 Å². The predicted molar refractivity (Wildman–Crippen MR) is 122 cm³/mol. The van der Waals surface area contributed by atoms with Crippen LogP contribution in [0.4, 0.5) is 11.5 Å². The summed E-state index contributed by atoms with van der Waals surface area (Å²) in [4.78, 5) is 20.7. The maximum Gasteiger partial charge on any atom is 0.247 e. The molecule has 0 fully saturated rings. The van der Waals surface area contributed by atoms with E-state index in [4.69, 9.17) is 4.74 Å². The molecule has 1 amide bonds. The smallest absolute Gasteiger partial charge is 0.247 e. The van der Waals surface area contributed by atoms with E-state index >= 15 is 0 Å². The second kappa shape index (κ2) is 7.28. The fourth-order valence-corrected chi connectivity index (χ4v) is 4.16. The summed E-state index contributed by atoms with van der Waals surface area (Å²) >= 11 is 0. The van der Waals surface area contributed by atoms with Gasteiger partial charge in [-0.25, -0.2) is 9.97 Å². The van der Waals surface area contributed by atoms with Crippen LogP contribution in [0.25, 0.3) is 33.4 Å². The number of carbonyl (C=O) groups excluding carboxylic acids is 1. The number of nitrogens with zero attached hydrogens (tertiary/aromatic N) is 3. The van der Waals surface area contributed by atoms with Gasteiger partial charge in [-0.1, -0.05) is 24.8 Å². The third-order valence-corrected chi connectivity index (χ3v) is 5.61. The Morgan fingerprint density at radius 3 is 2.77 bits per heavy atom. The quantitative estimate of drug-likeness (QED) is 0.488. The highest BCUT2D eigenvalue weighted by atomic mass is 16.5. The lowest BCUT2D eigenvalue weighted by Crippen LogP contribution is -2.07. The van der Waals surface area contributed by atoms with Crippen molar-refractivity contribution < 1.29 is 9.53 Å². The van der Waals surface area contributed by atoms with E-state index in [1.54, 1.807) is 13.4 Å². The van der Waals surface area contributed by atoms with E-state index in [9.17, 15) is 4.79 Å². The molecule has 0 saturated heterocycles. The van der Waals surface area contributed by atoms with Crippen molar-refractivity contribution in [1.29, 1.82) is 0 Å². The zero-order valence-corrected chi connectivity index (χ0v) is 17.3. The van der Waals surface area contributed by atoms with Crippen molar-refractivity contribution in [3.63, 3.8) is 0 Å². The first-order valence-electron chi connectivity index (χ1n) is 9.89. The summed E-state index contributed by atoms with van der Waals surface area (Å²) in [5, 5.41) is 7.23. The number of rotatable bonds is 4. The Kier molecular flexibility index (Phi) is 4.43. The SMILES string of the molecule is C=CC(=O)Nc1ccc(-c2c3c4c(ncnc4n2C)NCc2cc(OC)ccc2-3)cc1. The van der Waals surface area contributed by atoms with Crippen LogP contribution in [0, 0.1) is 0 Å². The van der Waals surface area contributed by atoms with Gasteiger partial charge < -0.3 is 19.9 Å². The minimum absolute atomic E-state index is 0.238. The number of benzene rings is 2. The lowest BCUT2D eigenvalue weighted by molar-refractivity contribution is -0.111. The monoisotopic (exact) mass is 411 g/mol. The van der Waals surface area contributed by atoms with Crippen LogP contribution in [0.15, 0.2) is 61.4 Å². The minimum Gasteiger partial charge on any atom is -0.497 e. The zero-order chi connectivity index (χ0) is 21.5. The van der Waals surface area contributed by atoms with Gasteiger partial charge in [0.2, 0.25) is 5.91 Å². The third kappa shape index (κ3) is 3.02. The molecule has 2 N–H and O–H groups in total. The third-order valence-electron chi connectivity index (χ3n) is 5.61. The van der Waals surface area contributed by atoms with Gasteiger partial charge in [-0.2, -0.15) is 0 Å². The molecule has 0 bridgehead atoms. The lowest BCUT2D eigenvalue weighted by Gasteiger charge is -2.13. The molecule has 4 aromatic rings. The van der Waals surface area contributed by atoms with Gasteiger partial charge in [0.1, 0.15) is 23.5 Å². The van der Waals surface area contributed by atoms with Gasteiger partial charge in [-0.3, -0.25) is 4.79 Å². The first kappa shape index (κ1) is 18.9. The molecule has 0 unspecified atom stereocenters. The Morgan fingerprint density at radius 2 is 2.03 bits per heavy atom. The second-order valence-electron chi connectivity index (χ2n) is 7.35. The Morgan fingerprint density at radius 1 is 1.23 bits per heavy atom. The van der Waals surface area contributed by atoms with Crippen LogP contribution in [0.3, 0.4) is 0 Å². The van der Waals surface area contributed by atoms with E-state index in [0.717, 1.165) is 50.5 Å². The molecule has 31 heavy (non-hydrogen) atoms. The molecule has 3 heterocycles. The molecular weight excluding hydrogens is 390 g/mol. The Bertz CT molecular complexity index is 1340. The number of anilines is 2. The van der Waals surface area contributed by atoms with E-state index < -0.39 is 0 Å². The number of aryl methyl sites for hydroxylation is 1. The summed E-state index contributed by atoms with van der Waals surface area (Å²) in [6.45, 7) is 4.14. The van der Waals surface area contributed by atoms with Crippen LogP contribution < -0.4 is 15.4 Å². The van der Waals surface area contributed by atoms with Gasteiger partial charge in [0, 0.05) is 24.8 Å². The highest BCUT2D eigenvalue weighted by Gasteiger charge is 2.26. The molecule has 0 atom stereocenters. The van der Waals surface area contributed by atoms with Crippen LogP contribution in [-0.2, 0) is 18.4 Å². The van der Waals surface area contributed by atoms with Crippen LogP contribution in [0.2, 0.25) is 0 Å². The minimum atomic E-state index is -0.238. The highest BCUT2D eigenvalue weighted by Crippen LogP contribution is 2.45. The number of carbonyl (C=O) groups is 1. The van der Waals surface area contributed by atoms with Crippen molar-refractivity contribution in [3.05, 3.63) is 67.0 Å². The van der Waals surface area contributed by atoms with Gasteiger partial charge in [0.25, 0.3) is 0 Å². The number of fused-ring (bicyclic) bond motifs is 2. The largest absolute Gasteiger partial charge is 0.497 e. The van der Waals surface area contributed by atoms with Crippen molar-refractivity contribution in [2.75, 3.05) is 17.7 Å². The number of nitrogens with one attached hydrogen (secondary N) is 2. The Labute approximate surface area is 179 Å². The van der Waals surface area contributed by atoms with E-state index in [0.29, 0.717) is 12.2 Å². The molecule has 0 spiro atoms. The molecule has 1 aliphatic heterocycles. The van der Waals surface area contributed by atoms with Crippen LogP contribution in [0.1, 0.15) is 5.56 Å². The van der Waals surface area contributed by atoms with Gasteiger partial charge >= 0.3 is 0 Å². The maximum atomic E-state index is 11.6. The molecule has 0 aliphatic carbocycles. The number of ether oxygens (including phenoxy) is 1. The molecular formula is C24H21N5O2. The van der Waals surface area contributed by atoms with Crippen LogP contribution in [0.5, 0.6) is 5.75 Å². The number of methoxy groups -OCH3 is 1. The second-order valence-corrected chi connectivity index (χ2v) is 7.35. The molecule has 5 rings (SSSR count). The summed E-state index contributed by atoms with van der Waals surface area (Å²) in [7, 11) is 3.68. The number of hydrogen-bond donors (Lipinski definition) is 2. The Hall–Kier alpha value is -4.13. The van der Waals surface area contributed by atoms with Gasteiger partial charge in [0.15, 0.2) is 0 Å². The Balaban J connectivity index is 1.75. The van der Waals surface area contributed by atoms with Gasteiger partial charge in [0.05, 0.1) is 18.2 Å². The first-order chi connectivity index (χ1) is 15.1. The summed E-state index contributed by atoms with van der Waals surface area (Å²) in [6, 6.07) is 13.9. The van der Waals surface area contributed by atoms with Crippen molar-refractivity contribution >= 4 is 28.4 Å². The fourth-order valence-electron chi connectivity index (χ4n) is 4.16. The molecule has 7 nitrogen and oxygen atoms in total. The molecule has 0 radical (unpaired) electrons. The van der Waals surface area contributed by atoms with Crippen molar-refractivity contribution in [3.8, 4) is 28.1 Å². The number of amides is 1. The molecule has 2 aromatic carbocycles. The molecule has 2 aromatic heterocycles. The van der Waals surface area contributed by atoms with E-state index in [2.05, 4.69) is 43.9 Å². The summed E-state index contributed by atoms with van der Waals surface area (Å²) in [5.74, 6) is 1.39. The van der Waals surface area contributed by atoms with Gasteiger partial charge in [-0.05, 0) is 47.0 Å². The average Bonchev–Trinajstić information content (AvgIpc) is 3.00. The van der Waals surface area contributed by atoms with Crippen molar-refractivity contribution in [2.45, 2.75) is 6.54 Å². The van der Waals surface area contributed by atoms with E-state index in [-0.39, 0.29) is 5.91 Å². The fraction of sp³-hybridized carbons (Fsp3) is 0.125. The zero-order valence-electron chi connectivity index (χ0n) is 17.3. The van der Waals surface area contributed by atoms with Gasteiger partial charge in [-0.15, -0.1) is 0 Å². The maximum absolute atomic E-state index is 11.6. The van der Waals surface area contributed by atoms with Crippen molar-refractivity contribution in [1.82, 2.24) is 14.5 Å². The van der Waals surface area contributed by atoms with E-state index in [1.165, 1.54) is 6.08 Å². The summed E-state index contributed by atoms with van der Waals surface area (Å²) in [5.41, 5.74) is 6.95. The topological polar surface area (TPSA) is 81.1 Å². The number of hydrogen-bond acceptors (Lipinski definition) is 5. The predicted octanol–water partition coefficient (Wildman–Crippen LogP) is 4.36. The standard InChI is InChI=1S/C24H21N5O2/c1-4-19(30)28-16-7-5-14(6-8-16)22-20-18-10-9-17(31-3)11-15(18)12-25-23-21(20)24(29(22)2)27-13-26-23/h4-11,13H,1,12H2,2-3H3,(H,28,30)(H,25,26,27). The summed E-state index contributed by atoms with van der Waals surface area (Å²) in [6.07, 6.45) is 2.84. The average molecular weight is 411 g/mol. The number of aromatic nitrogens is 3. The molecule has 1 aliphatic rings. The van der Waals surface area contributed by atoms with Crippen LogP contribution >= 0.6 is 0 Å². The highest BCUT2D eigenvalue weighted by molar-refractivity contribution is 6.09. The molecule has 0 saturated carbocycles. The summed E-state index contributed by atoms with van der Waals surface area (Å²) < 4.78 is 7.53. The molecule has 7 heteroatoms.